The van der Waals surface area contributed by atoms with E-state index in [0.717, 1.165) is 94.8 Å². The SMILES string of the molecule is [2H]c1c(Oc2ccc3c4cc(C(C)(C)C)ccc4n(-c4cc(C)c(-c5ccccc5)cn4)c3c2)cc(N2CN(c3c(-c4ccc(C(C)(C)C)cc4)cccc3-c3cccc(-c4ccccc4)c3)c3ccccc32)c([2H])c1[2H]. The fourth-order valence-corrected chi connectivity index (χ4v) is 10.6. The minimum absolute atomic E-state index is 0.00683. The second-order valence-corrected chi connectivity index (χ2v) is 21.6. The summed E-state index contributed by atoms with van der Waals surface area (Å²) in [7, 11) is 0. The first kappa shape index (κ1) is 43.0. The maximum Gasteiger partial charge on any atom is 0.137 e. The molecule has 362 valence electrons. The second kappa shape index (κ2) is 18.4. The average Bonchev–Trinajstić information content (AvgIpc) is 4.08. The summed E-state index contributed by atoms with van der Waals surface area (Å²) in [4.78, 5) is 9.52. The van der Waals surface area contributed by atoms with Gasteiger partial charge in [-0.25, -0.2) is 4.98 Å². The van der Waals surface area contributed by atoms with Crippen LogP contribution in [0.4, 0.5) is 22.7 Å². The van der Waals surface area contributed by atoms with Crippen LogP contribution in [0.1, 0.15) is 62.3 Å². The van der Waals surface area contributed by atoms with Crippen molar-refractivity contribution in [2.24, 2.45) is 0 Å². The van der Waals surface area contributed by atoms with E-state index in [1.165, 1.54) is 11.1 Å². The molecular weight excluding hydrogens is 901 g/mol. The second-order valence-electron chi connectivity index (χ2n) is 21.6. The lowest BCUT2D eigenvalue weighted by molar-refractivity contribution is 0.483. The lowest BCUT2D eigenvalue weighted by Gasteiger charge is -2.28. The number of rotatable bonds is 9. The van der Waals surface area contributed by atoms with Gasteiger partial charge in [0.2, 0.25) is 0 Å². The van der Waals surface area contributed by atoms with E-state index in [1.807, 2.05) is 48.7 Å². The van der Waals surface area contributed by atoms with Crippen molar-refractivity contribution in [2.45, 2.75) is 59.3 Å². The van der Waals surface area contributed by atoms with Gasteiger partial charge in [-0.3, -0.25) is 4.57 Å². The summed E-state index contributed by atoms with van der Waals surface area (Å²) >= 11 is 0. The van der Waals surface area contributed by atoms with Gasteiger partial charge in [-0.15, -0.1) is 0 Å². The predicted molar refractivity (Wildman–Crippen MR) is 311 cm³/mol. The van der Waals surface area contributed by atoms with Crippen molar-refractivity contribution in [1.29, 1.82) is 0 Å². The molecule has 12 rings (SSSR count). The number of nitrogens with zero attached hydrogens (tertiary/aromatic N) is 4. The standard InChI is InChI=1S/C69H60N4O/c1-46-39-66(70-44-61(46)48-21-12-9-13-22-48)73-62-38-35-53(69(5,6)7)41-60(62)59-37-36-56(43-65(59)73)74-55-26-17-25-54(42-55)71-45-72(64-30-15-14-29-63(64)71)67-57(49-31-33-52(34-32-49)68(2,3)4)27-18-28-58(67)51-24-16-23-50(40-51)47-19-10-8-11-20-47/h8-44H,45H2,1-7H3/i17D,25D,26D. The third-order valence-electron chi connectivity index (χ3n) is 14.6. The zero-order valence-corrected chi connectivity index (χ0v) is 43.0. The molecule has 11 aromatic rings. The van der Waals surface area contributed by atoms with Gasteiger partial charge in [0.05, 0.1) is 32.2 Å². The molecule has 5 nitrogen and oxygen atoms in total. The number of hydrogen-bond donors (Lipinski definition) is 0. The number of hydrogen-bond acceptors (Lipinski definition) is 4. The molecular formula is C69H60N4O. The highest BCUT2D eigenvalue weighted by molar-refractivity contribution is 6.10. The maximum atomic E-state index is 9.53. The molecule has 5 heteroatoms. The van der Waals surface area contributed by atoms with Gasteiger partial charge in [-0.1, -0.05) is 187 Å². The number of para-hydroxylation sites is 3. The van der Waals surface area contributed by atoms with E-state index >= 15 is 0 Å². The zero-order chi connectivity index (χ0) is 53.3. The van der Waals surface area contributed by atoms with Gasteiger partial charge in [-0.2, -0.15) is 0 Å². The van der Waals surface area contributed by atoms with Crippen LogP contribution in [0.5, 0.6) is 11.5 Å². The van der Waals surface area contributed by atoms with Crippen LogP contribution in [0.15, 0.2) is 225 Å². The van der Waals surface area contributed by atoms with Crippen LogP contribution in [-0.2, 0) is 10.8 Å². The number of aryl methyl sites for hydroxylation is 1. The Morgan fingerprint density at radius 3 is 1.81 bits per heavy atom. The first-order valence-corrected chi connectivity index (χ1v) is 25.5. The Bertz CT molecular complexity index is 4060. The summed E-state index contributed by atoms with van der Waals surface area (Å²) in [6.07, 6.45) is 1.96. The Morgan fingerprint density at radius 1 is 0.473 bits per heavy atom. The van der Waals surface area contributed by atoms with Crippen LogP contribution in [0.3, 0.4) is 0 Å². The van der Waals surface area contributed by atoms with Gasteiger partial charge in [0.1, 0.15) is 24.0 Å². The number of aromatic nitrogens is 2. The molecule has 0 bridgehead atoms. The van der Waals surface area contributed by atoms with E-state index in [1.54, 1.807) is 6.07 Å². The zero-order valence-electron chi connectivity index (χ0n) is 46.0. The van der Waals surface area contributed by atoms with Gasteiger partial charge in [0.15, 0.2) is 0 Å². The molecule has 74 heavy (non-hydrogen) atoms. The Morgan fingerprint density at radius 2 is 1.09 bits per heavy atom. The average molecular weight is 964 g/mol. The fraction of sp³-hybridized carbons (Fsp3) is 0.145. The van der Waals surface area contributed by atoms with Gasteiger partial charge in [0, 0.05) is 51.5 Å². The van der Waals surface area contributed by atoms with E-state index < -0.39 is 0 Å². The quantitative estimate of drug-likeness (QED) is 0.144. The molecule has 0 aliphatic carbocycles. The van der Waals surface area contributed by atoms with Crippen molar-refractivity contribution in [1.82, 2.24) is 9.55 Å². The molecule has 0 atom stereocenters. The van der Waals surface area contributed by atoms with Crippen molar-refractivity contribution in [3.05, 3.63) is 241 Å². The predicted octanol–water partition coefficient (Wildman–Crippen LogP) is 18.8. The summed E-state index contributed by atoms with van der Waals surface area (Å²) < 4.78 is 37.1. The highest BCUT2D eigenvalue weighted by Crippen LogP contribution is 2.51. The third kappa shape index (κ3) is 8.58. The maximum absolute atomic E-state index is 9.53. The fourth-order valence-electron chi connectivity index (χ4n) is 10.6. The highest BCUT2D eigenvalue weighted by Gasteiger charge is 2.32. The van der Waals surface area contributed by atoms with Crippen molar-refractivity contribution in [2.75, 3.05) is 16.5 Å². The summed E-state index contributed by atoms with van der Waals surface area (Å²) in [5, 5.41) is 2.15. The lowest BCUT2D eigenvalue weighted by Crippen LogP contribution is -2.25. The van der Waals surface area contributed by atoms with E-state index in [-0.39, 0.29) is 34.7 Å². The van der Waals surface area contributed by atoms with Crippen LogP contribution in [0, 0.1) is 6.92 Å². The van der Waals surface area contributed by atoms with Gasteiger partial charge in [-0.05, 0) is 123 Å². The molecule has 0 spiro atoms. The van der Waals surface area contributed by atoms with Crippen molar-refractivity contribution >= 4 is 44.6 Å². The molecule has 1 aliphatic heterocycles. The van der Waals surface area contributed by atoms with Gasteiger partial charge < -0.3 is 14.5 Å². The molecule has 0 saturated heterocycles. The van der Waals surface area contributed by atoms with Gasteiger partial charge >= 0.3 is 0 Å². The van der Waals surface area contributed by atoms with Crippen molar-refractivity contribution in [3.8, 4) is 61.8 Å². The van der Waals surface area contributed by atoms with Crippen LogP contribution in [0.2, 0.25) is 0 Å². The number of benzene rings is 9. The highest BCUT2D eigenvalue weighted by atomic mass is 16.5. The first-order valence-electron chi connectivity index (χ1n) is 27.0. The summed E-state index contributed by atoms with van der Waals surface area (Å²) in [6.45, 7) is 15.9. The normalized spacial score (nSPS) is 13.3. The smallest absolute Gasteiger partial charge is 0.137 e. The Hall–Kier alpha value is -8.67. The number of fused-ring (bicyclic) bond motifs is 4. The monoisotopic (exact) mass is 963 g/mol. The summed E-state index contributed by atoms with van der Waals surface area (Å²) in [5.41, 5.74) is 17.5. The topological polar surface area (TPSA) is 33.5 Å². The van der Waals surface area contributed by atoms with Crippen LogP contribution < -0.4 is 14.5 Å². The van der Waals surface area contributed by atoms with Crippen LogP contribution >= 0.6 is 0 Å². The molecule has 9 aromatic carbocycles. The van der Waals surface area contributed by atoms with E-state index in [4.69, 9.17) is 9.72 Å². The molecule has 0 saturated carbocycles. The number of pyridine rings is 1. The Labute approximate surface area is 439 Å². The lowest BCUT2D eigenvalue weighted by atomic mass is 9.85. The number of anilines is 4. The molecule has 0 radical (unpaired) electrons. The van der Waals surface area contributed by atoms with Gasteiger partial charge in [0.25, 0.3) is 0 Å². The number of ether oxygens (including phenoxy) is 1. The Kier molecular flexibility index (Phi) is 10.7. The molecule has 2 aromatic heterocycles. The van der Waals surface area contributed by atoms with E-state index in [0.29, 0.717) is 18.1 Å². The minimum atomic E-state index is -0.214. The first-order chi connectivity index (χ1) is 37.1. The van der Waals surface area contributed by atoms with E-state index in [2.05, 4.69) is 214 Å². The summed E-state index contributed by atoms with van der Waals surface area (Å²) in [5.74, 6) is 1.48. The summed E-state index contributed by atoms with van der Waals surface area (Å²) in [6, 6.07) is 69.5. The largest absolute Gasteiger partial charge is 0.457 e. The van der Waals surface area contributed by atoms with Crippen LogP contribution in [-0.4, -0.2) is 16.2 Å². The molecule has 1 aliphatic rings. The molecule has 3 heterocycles. The Balaban J connectivity index is 0.968. The molecule has 0 unspecified atom stereocenters. The van der Waals surface area contributed by atoms with Crippen molar-refractivity contribution in [3.63, 3.8) is 0 Å². The van der Waals surface area contributed by atoms with E-state index in [9.17, 15) is 4.11 Å². The van der Waals surface area contributed by atoms with Crippen molar-refractivity contribution < 1.29 is 8.85 Å². The minimum Gasteiger partial charge on any atom is -0.457 e. The van der Waals surface area contributed by atoms with Crippen LogP contribution in [0.25, 0.3) is 72.1 Å². The molecule has 0 fully saturated rings. The molecule has 0 amide bonds. The third-order valence-corrected chi connectivity index (χ3v) is 14.6. The molecule has 0 N–H and O–H groups in total.